The third kappa shape index (κ3) is 3.32. The van der Waals surface area contributed by atoms with E-state index in [0.29, 0.717) is 0 Å². The maximum Gasteiger partial charge on any atom is 0.123 e. The number of halogens is 1. The third-order valence-corrected chi connectivity index (χ3v) is 2.80. The lowest BCUT2D eigenvalue weighted by Gasteiger charge is -2.09. The lowest BCUT2D eigenvalue weighted by Crippen LogP contribution is -2.12. The molecule has 0 fully saturated rings. The minimum atomic E-state index is -0.208. The summed E-state index contributed by atoms with van der Waals surface area (Å²) in [5.41, 5.74) is 0.938. The minimum absolute atomic E-state index is 0.208. The van der Waals surface area contributed by atoms with Crippen LogP contribution in [0.1, 0.15) is 19.2 Å². The van der Waals surface area contributed by atoms with Gasteiger partial charge in [-0.1, -0.05) is 6.92 Å². The van der Waals surface area contributed by atoms with Gasteiger partial charge in [-0.2, -0.15) is 0 Å². The van der Waals surface area contributed by atoms with Crippen molar-refractivity contribution in [3.05, 3.63) is 48.3 Å². The Morgan fingerprint density at radius 3 is 2.78 bits per heavy atom. The molecule has 0 bridgehead atoms. The zero-order valence-corrected chi connectivity index (χ0v) is 10.6. The highest BCUT2D eigenvalue weighted by molar-refractivity contribution is 5.42. The van der Waals surface area contributed by atoms with Crippen molar-refractivity contribution in [2.45, 2.75) is 26.3 Å². The van der Waals surface area contributed by atoms with Crippen molar-refractivity contribution in [2.24, 2.45) is 0 Å². The van der Waals surface area contributed by atoms with Crippen molar-refractivity contribution in [3.8, 4) is 0 Å². The second-order valence-corrected chi connectivity index (χ2v) is 4.22. The van der Waals surface area contributed by atoms with Crippen LogP contribution in [0.4, 0.5) is 10.1 Å². The van der Waals surface area contributed by atoms with Gasteiger partial charge in [0.1, 0.15) is 11.6 Å². The molecule has 0 unspecified atom stereocenters. The number of benzene rings is 1. The lowest BCUT2D eigenvalue weighted by atomic mass is 10.3. The van der Waals surface area contributed by atoms with Crippen molar-refractivity contribution in [1.29, 1.82) is 0 Å². The Hall–Kier alpha value is -1.84. The van der Waals surface area contributed by atoms with Crippen LogP contribution < -0.4 is 5.32 Å². The zero-order valence-electron chi connectivity index (χ0n) is 10.6. The van der Waals surface area contributed by atoms with Gasteiger partial charge in [-0.3, -0.25) is 0 Å². The summed E-state index contributed by atoms with van der Waals surface area (Å²) in [6, 6.07) is 6.41. The fourth-order valence-electron chi connectivity index (χ4n) is 1.88. The first kappa shape index (κ1) is 12.6. The highest BCUT2D eigenvalue weighted by Crippen LogP contribution is 2.08. The predicted octanol–water partition coefficient (Wildman–Crippen LogP) is 3.09. The van der Waals surface area contributed by atoms with Crippen LogP contribution in [0.2, 0.25) is 0 Å². The molecule has 1 aromatic heterocycles. The third-order valence-electron chi connectivity index (χ3n) is 2.80. The molecule has 0 spiro atoms. The Morgan fingerprint density at radius 1 is 1.28 bits per heavy atom. The first-order valence-corrected chi connectivity index (χ1v) is 6.29. The van der Waals surface area contributed by atoms with Crippen molar-refractivity contribution in [3.63, 3.8) is 0 Å². The second-order valence-electron chi connectivity index (χ2n) is 4.22. The highest BCUT2D eigenvalue weighted by atomic mass is 19.1. The average molecular weight is 247 g/mol. The Balaban J connectivity index is 1.84. The van der Waals surface area contributed by atoms with Crippen molar-refractivity contribution < 1.29 is 4.39 Å². The van der Waals surface area contributed by atoms with Crippen LogP contribution in [0.25, 0.3) is 0 Å². The van der Waals surface area contributed by atoms with E-state index >= 15 is 0 Å². The number of aryl methyl sites for hydroxylation is 1. The number of nitrogens with one attached hydrogen (secondary N) is 1. The smallest absolute Gasteiger partial charge is 0.123 e. The molecule has 0 atom stereocenters. The zero-order chi connectivity index (χ0) is 12.8. The summed E-state index contributed by atoms with van der Waals surface area (Å²) in [6.07, 6.45) is 5.94. The standard InChI is InChI=1S/C14H18FN3/c1-2-3-14-17-9-11-18(14)10-8-16-13-6-4-12(15)5-7-13/h4-7,9,11,16H,2-3,8,10H2,1H3. The molecule has 4 heteroatoms. The van der Waals surface area contributed by atoms with Crippen LogP contribution in [-0.4, -0.2) is 16.1 Å². The number of rotatable bonds is 6. The number of imidazole rings is 1. The van der Waals surface area contributed by atoms with Gasteiger partial charge in [-0.15, -0.1) is 0 Å². The number of nitrogens with zero attached hydrogens (tertiary/aromatic N) is 2. The van der Waals surface area contributed by atoms with Gasteiger partial charge in [0.05, 0.1) is 0 Å². The van der Waals surface area contributed by atoms with E-state index in [1.54, 1.807) is 12.1 Å². The molecule has 1 aromatic carbocycles. The Labute approximate surface area is 107 Å². The van der Waals surface area contributed by atoms with E-state index in [1.165, 1.54) is 12.1 Å². The van der Waals surface area contributed by atoms with Gasteiger partial charge >= 0.3 is 0 Å². The molecule has 0 aliphatic carbocycles. The lowest BCUT2D eigenvalue weighted by molar-refractivity contribution is 0.627. The van der Waals surface area contributed by atoms with Gasteiger partial charge in [0, 0.05) is 37.6 Å². The quantitative estimate of drug-likeness (QED) is 0.850. The normalized spacial score (nSPS) is 10.6. The summed E-state index contributed by atoms with van der Waals surface area (Å²) in [5, 5.41) is 3.26. The molecule has 0 aliphatic heterocycles. The number of anilines is 1. The summed E-state index contributed by atoms with van der Waals surface area (Å²) in [4.78, 5) is 4.33. The number of aromatic nitrogens is 2. The number of hydrogen-bond acceptors (Lipinski definition) is 2. The molecule has 2 aromatic rings. The van der Waals surface area contributed by atoms with Crippen molar-refractivity contribution >= 4 is 5.69 Å². The molecule has 1 heterocycles. The van der Waals surface area contributed by atoms with E-state index in [9.17, 15) is 4.39 Å². The summed E-state index contributed by atoms with van der Waals surface area (Å²) < 4.78 is 14.9. The molecule has 0 amide bonds. The predicted molar refractivity (Wildman–Crippen MR) is 71.1 cm³/mol. The number of hydrogen-bond donors (Lipinski definition) is 1. The van der Waals surface area contributed by atoms with E-state index in [2.05, 4.69) is 21.8 Å². The maximum atomic E-state index is 12.7. The van der Waals surface area contributed by atoms with E-state index in [1.807, 2.05) is 12.4 Å². The van der Waals surface area contributed by atoms with Gasteiger partial charge in [-0.05, 0) is 30.7 Å². The van der Waals surface area contributed by atoms with Crippen LogP contribution in [0.5, 0.6) is 0 Å². The molecule has 0 saturated heterocycles. The van der Waals surface area contributed by atoms with E-state index in [0.717, 1.165) is 37.4 Å². The summed E-state index contributed by atoms with van der Waals surface area (Å²) in [6.45, 7) is 3.82. The topological polar surface area (TPSA) is 29.9 Å². The maximum absolute atomic E-state index is 12.7. The fourth-order valence-corrected chi connectivity index (χ4v) is 1.88. The Morgan fingerprint density at radius 2 is 2.06 bits per heavy atom. The van der Waals surface area contributed by atoms with Gasteiger partial charge in [0.25, 0.3) is 0 Å². The molecule has 96 valence electrons. The fraction of sp³-hybridized carbons (Fsp3) is 0.357. The minimum Gasteiger partial charge on any atom is -0.383 e. The van der Waals surface area contributed by atoms with Gasteiger partial charge in [0.15, 0.2) is 0 Å². The average Bonchev–Trinajstić information content (AvgIpc) is 2.80. The highest BCUT2D eigenvalue weighted by Gasteiger charge is 2.00. The largest absolute Gasteiger partial charge is 0.383 e. The Kier molecular flexibility index (Phi) is 4.34. The van der Waals surface area contributed by atoms with E-state index in [4.69, 9.17) is 0 Å². The van der Waals surface area contributed by atoms with Gasteiger partial charge in [0.2, 0.25) is 0 Å². The van der Waals surface area contributed by atoms with Crippen LogP contribution >= 0.6 is 0 Å². The molecule has 3 nitrogen and oxygen atoms in total. The molecule has 0 radical (unpaired) electrons. The SMILES string of the molecule is CCCc1nccn1CCNc1ccc(F)cc1. The molecule has 0 saturated carbocycles. The Bertz CT molecular complexity index is 476. The van der Waals surface area contributed by atoms with Crippen LogP contribution in [0.15, 0.2) is 36.7 Å². The first-order valence-electron chi connectivity index (χ1n) is 6.29. The van der Waals surface area contributed by atoms with E-state index < -0.39 is 0 Å². The van der Waals surface area contributed by atoms with Crippen LogP contribution in [0.3, 0.4) is 0 Å². The van der Waals surface area contributed by atoms with Crippen molar-refractivity contribution in [2.75, 3.05) is 11.9 Å². The molecular weight excluding hydrogens is 229 g/mol. The first-order chi connectivity index (χ1) is 8.79. The molecule has 2 rings (SSSR count). The molecule has 1 N–H and O–H groups in total. The second kappa shape index (κ2) is 6.19. The summed E-state index contributed by atoms with van der Waals surface area (Å²) in [5.74, 6) is 0.916. The monoisotopic (exact) mass is 247 g/mol. The summed E-state index contributed by atoms with van der Waals surface area (Å²) >= 11 is 0. The van der Waals surface area contributed by atoms with Crippen molar-refractivity contribution in [1.82, 2.24) is 9.55 Å². The van der Waals surface area contributed by atoms with E-state index in [-0.39, 0.29) is 5.82 Å². The molecule has 0 aliphatic rings. The van der Waals surface area contributed by atoms with Gasteiger partial charge < -0.3 is 9.88 Å². The van der Waals surface area contributed by atoms with Crippen LogP contribution in [-0.2, 0) is 13.0 Å². The molecular formula is C14H18FN3. The van der Waals surface area contributed by atoms with Crippen LogP contribution in [0, 0.1) is 5.82 Å². The summed E-state index contributed by atoms with van der Waals surface area (Å²) in [7, 11) is 0. The molecule has 18 heavy (non-hydrogen) atoms. The van der Waals surface area contributed by atoms with Gasteiger partial charge in [-0.25, -0.2) is 9.37 Å².